The molecule has 0 aromatic heterocycles. The van der Waals surface area contributed by atoms with E-state index in [0.717, 1.165) is 0 Å². The van der Waals surface area contributed by atoms with Gasteiger partial charge in [0.05, 0.1) is 11.6 Å². The highest BCUT2D eigenvalue weighted by molar-refractivity contribution is 5.34. The van der Waals surface area contributed by atoms with E-state index in [4.69, 9.17) is 5.26 Å². The number of benzene rings is 1. The summed E-state index contributed by atoms with van der Waals surface area (Å²) in [5, 5.41) is 8.51. The summed E-state index contributed by atoms with van der Waals surface area (Å²) in [4.78, 5) is 0. The highest BCUT2D eigenvalue weighted by atomic mass is 19.3. The van der Waals surface area contributed by atoms with Gasteiger partial charge in [-0.25, -0.2) is 8.78 Å². The van der Waals surface area contributed by atoms with E-state index in [2.05, 4.69) is 0 Å². The first-order valence-corrected chi connectivity index (χ1v) is 3.98. The van der Waals surface area contributed by atoms with E-state index in [1.165, 1.54) is 31.2 Å². The minimum Gasteiger partial charge on any atom is -0.201 e. The summed E-state index contributed by atoms with van der Waals surface area (Å²) in [6.07, 6.45) is -0.248. The number of alkyl halides is 2. The van der Waals surface area contributed by atoms with Gasteiger partial charge < -0.3 is 0 Å². The molecule has 0 aliphatic rings. The van der Waals surface area contributed by atoms with E-state index in [1.54, 1.807) is 0 Å². The number of nitriles is 1. The minimum atomic E-state index is -2.83. The van der Waals surface area contributed by atoms with Gasteiger partial charge in [-0.15, -0.1) is 0 Å². The van der Waals surface area contributed by atoms with E-state index in [-0.39, 0.29) is 17.5 Å². The predicted octanol–water partition coefficient (Wildman–Crippen LogP) is 3.06. The van der Waals surface area contributed by atoms with Crippen molar-refractivity contribution < 1.29 is 8.78 Å². The van der Waals surface area contributed by atoms with Crippen LogP contribution in [0.25, 0.3) is 0 Å². The zero-order valence-corrected chi connectivity index (χ0v) is 7.22. The zero-order chi connectivity index (χ0) is 9.90. The Kier molecular flexibility index (Phi) is 2.62. The fraction of sp³-hybridized carbons (Fsp3) is 0.300. The Morgan fingerprint density at radius 2 is 2.15 bits per heavy atom. The molecule has 0 saturated heterocycles. The van der Waals surface area contributed by atoms with Crippen LogP contribution in [0.15, 0.2) is 24.3 Å². The van der Waals surface area contributed by atoms with Gasteiger partial charge in [0.1, 0.15) is 0 Å². The lowest BCUT2D eigenvalue weighted by Crippen LogP contribution is -2.11. The lowest BCUT2D eigenvalue weighted by Gasteiger charge is -2.13. The molecule has 0 radical (unpaired) electrons. The summed E-state index contributed by atoms with van der Waals surface area (Å²) in [7, 11) is 0. The van der Waals surface area contributed by atoms with Crippen molar-refractivity contribution in [2.45, 2.75) is 19.3 Å². The van der Waals surface area contributed by atoms with Crippen LogP contribution in [0.3, 0.4) is 0 Å². The molecule has 68 valence electrons. The average Bonchev–Trinajstić information content (AvgIpc) is 2.18. The third-order valence-electron chi connectivity index (χ3n) is 1.86. The SMILES string of the molecule is CCC(F)(F)c1cccc(C#N)c1. The van der Waals surface area contributed by atoms with Crippen molar-refractivity contribution in [1.29, 1.82) is 5.26 Å². The van der Waals surface area contributed by atoms with Crippen LogP contribution in [-0.2, 0) is 5.92 Å². The standard InChI is InChI=1S/C10H9F2N/c1-2-10(11,12)9-5-3-4-8(6-9)7-13/h3-6H,2H2,1H3. The zero-order valence-electron chi connectivity index (χ0n) is 7.22. The molecule has 1 aromatic carbocycles. The number of halogens is 2. The van der Waals surface area contributed by atoms with Crippen molar-refractivity contribution in [3.8, 4) is 6.07 Å². The maximum atomic E-state index is 13.1. The molecule has 0 saturated carbocycles. The van der Waals surface area contributed by atoms with Gasteiger partial charge in [0.25, 0.3) is 5.92 Å². The fourth-order valence-electron chi connectivity index (χ4n) is 1.02. The lowest BCUT2D eigenvalue weighted by molar-refractivity contribution is -0.00830. The summed E-state index contributed by atoms with van der Waals surface area (Å²) in [5.41, 5.74) is 0.180. The Balaban J connectivity index is 3.10. The van der Waals surface area contributed by atoms with Crippen LogP contribution in [0.1, 0.15) is 24.5 Å². The van der Waals surface area contributed by atoms with E-state index < -0.39 is 5.92 Å². The average molecular weight is 181 g/mol. The maximum Gasteiger partial charge on any atom is 0.273 e. The fourth-order valence-corrected chi connectivity index (χ4v) is 1.02. The Labute approximate surface area is 75.6 Å². The van der Waals surface area contributed by atoms with Crippen molar-refractivity contribution in [2.75, 3.05) is 0 Å². The largest absolute Gasteiger partial charge is 0.273 e. The van der Waals surface area contributed by atoms with Crippen molar-refractivity contribution in [1.82, 2.24) is 0 Å². The molecule has 0 N–H and O–H groups in total. The molecular formula is C10H9F2N. The summed E-state index contributed by atoms with van der Waals surface area (Å²) < 4.78 is 26.2. The number of nitrogens with zero attached hydrogens (tertiary/aromatic N) is 1. The molecule has 3 heteroatoms. The van der Waals surface area contributed by atoms with E-state index in [0.29, 0.717) is 0 Å². The lowest BCUT2D eigenvalue weighted by atomic mass is 10.0. The molecule has 0 aliphatic carbocycles. The van der Waals surface area contributed by atoms with Gasteiger partial charge in [0.2, 0.25) is 0 Å². The third kappa shape index (κ3) is 2.03. The monoisotopic (exact) mass is 181 g/mol. The highest BCUT2D eigenvalue weighted by Gasteiger charge is 2.28. The molecule has 0 amide bonds. The van der Waals surface area contributed by atoms with Crippen LogP contribution in [0.4, 0.5) is 8.78 Å². The van der Waals surface area contributed by atoms with Gasteiger partial charge in [0.15, 0.2) is 0 Å². The van der Waals surface area contributed by atoms with Crippen LogP contribution in [-0.4, -0.2) is 0 Å². The second-order valence-corrected chi connectivity index (χ2v) is 2.75. The molecule has 0 atom stereocenters. The Morgan fingerprint density at radius 1 is 1.46 bits per heavy atom. The molecule has 0 aliphatic heterocycles. The van der Waals surface area contributed by atoms with Crippen molar-refractivity contribution in [3.05, 3.63) is 35.4 Å². The molecule has 0 spiro atoms. The van der Waals surface area contributed by atoms with Crippen LogP contribution in [0.2, 0.25) is 0 Å². The second-order valence-electron chi connectivity index (χ2n) is 2.75. The summed E-state index contributed by atoms with van der Waals surface area (Å²) in [6.45, 7) is 1.42. The van der Waals surface area contributed by atoms with Gasteiger partial charge in [-0.3, -0.25) is 0 Å². The van der Waals surface area contributed by atoms with Crippen LogP contribution < -0.4 is 0 Å². The van der Waals surface area contributed by atoms with E-state index in [9.17, 15) is 8.78 Å². The molecule has 1 rings (SSSR count). The Hall–Kier alpha value is -1.43. The van der Waals surface area contributed by atoms with Gasteiger partial charge in [-0.05, 0) is 12.1 Å². The van der Waals surface area contributed by atoms with Crippen LogP contribution in [0, 0.1) is 11.3 Å². The normalized spacial score (nSPS) is 10.9. The quantitative estimate of drug-likeness (QED) is 0.687. The first kappa shape index (κ1) is 9.66. The minimum absolute atomic E-state index is 0.0888. The Morgan fingerprint density at radius 3 is 2.69 bits per heavy atom. The molecule has 0 unspecified atom stereocenters. The summed E-state index contributed by atoms with van der Waals surface area (Å²) in [5.74, 6) is -2.83. The molecule has 0 fully saturated rings. The van der Waals surface area contributed by atoms with Gasteiger partial charge in [0, 0.05) is 12.0 Å². The molecular weight excluding hydrogens is 172 g/mol. The third-order valence-corrected chi connectivity index (χ3v) is 1.86. The van der Waals surface area contributed by atoms with Gasteiger partial charge in [-0.2, -0.15) is 5.26 Å². The van der Waals surface area contributed by atoms with Crippen molar-refractivity contribution in [3.63, 3.8) is 0 Å². The Bertz CT molecular complexity index is 339. The molecule has 13 heavy (non-hydrogen) atoms. The first-order chi connectivity index (χ1) is 6.10. The second kappa shape index (κ2) is 3.53. The van der Waals surface area contributed by atoms with Gasteiger partial charge in [-0.1, -0.05) is 19.1 Å². The van der Waals surface area contributed by atoms with Crippen LogP contribution in [0.5, 0.6) is 0 Å². The van der Waals surface area contributed by atoms with Crippen LogP contribution >= 0.6 is 0 Å². The highest BCUT2D eigenvalue weighted by Crippen LogP contribution is 2.31. The smallest absolute Gasteiger partial charge is 0.201 e. The molecule has 0 heterocycles. The summed E-state index contributed by atoms with van der Waals surface area (Å²) >= 11 is 0. The summed E-state index contributed by atoms with van der Waals surface area (Å²) in [6, 6.07) is 7.37. The number of hydrogen-bond acceptors (Lipinski definition) is 1. The predicted molar refractivity (Wildman–Crippen MR) is 45.3 cm³/mol. The number of rotatable bonds is 2. The van der Waals surface area contributed by atoms with Crippen molar-refractivity contribution in [2.24, 2.45) is 0 Å². The molecule has 0 bridgehead atoms. The maximum absolute atomic E-state index is 13.1. The molecule has 1 nitrogen and oxygen atoms in total. The van der Waals surface area contributed by atoms with E-state index in [1.807, 2.05) is 6.07 Å². The molecule has 1 aromatic rings. The number of hydrogen-bond donors (Lipinski definition) is 0. The van der Waals surface area contributed by atoms with Gasteiger partial charge >= 0.3 is 0 Å². The first-order valence-electron chi connectivity index (χ1n) is 3.98. The van der Waals surface area contributed by atoms with E-state index >= 15 is 0 Å². The van der Waals surface area contributed by atoms with Crippen molar-refractivity contribution >= 4 is 0 Å². The topological polar surface area (TPSA) is 23.8 Å².